The summed E-state index contributed by atoms with van der Waals surface area (Å²) in [6, 6.07) is 6.76. The van der Waals surface area contributed by atoms with Crippen molar-refractivity contribution in [2.75, 3.05) is 20.3 Å². The molecule has 0 spiro atoms. The van der Waals surface area contributed by atoms with Crippen molar-refractivity contribution in [3.63, 3.8) is 0 Å². The number of quaternary nitrogens is 1. The molecule has 0 fully saturated rings. The summed E-state index contributed by atoms with van der Waals surface area (Å²) in [4.78, 5) is 7.20. The Morgan fingerprint density at radius 3 is 2.89 bits per heavy atom. The Kier molecular flexibility index (Phi) is 6.01. The molecule has 0 aliphatic carbocycles. The molecule has 0 saturated heterocycles. The molecule has 0 amide bonds. The fraction of sp³-hybridized carbons (Fsp3) is 0.450. The molecule has 0 radical (unpaired) electrons. The first-order valence-corrected chi connectivity index (χ1v) is 11.0. The summed E-state index contributed by atoms with van der Waals surface area (Å²) in [6.07, 6.45) is 5.83. The van der Waals surface area contributed by atoms with Crippen molar-refractivity contribution in [2.24, 2.45) is 0 Å². The molecule has 1 unspecified atom stereocenters. The summed E-state index contributed by atoms with van der Waals surface area (Å²) in [5.41, 5.74) is 2.53. The first kappa shape index (κ1) is 19.4. The van der Waals surface area contributed by atoms with Gasteiger partial charge in [0.25, 0.3) is 0 Å². The molecule has 8 heteroatoms. The second-order valence-corrected chi connectivity index (χ2v) is 8.43. The van der Waals surface area contributed by atoms with Crippen LogP contribution in [-0.2, 0) is 24.4 Å². The van der Waals surface area contributed by atoms with E-state index in [-0.39, 0.29) is 0 Å². The quantitative estimate of drug-likeness (QED) is 0.602. The molecule has 4 rings (SSSR count). The predicted octanol–water partition coefficient (Wildman–Crippen LogP) is 2.73. The Balaban J connectivity index is 1.67. The van der Waals surface area contributed by atoms with Crippen LogP contribution in [0.15, 0.2) is 36.0 Å². The van der Waals surface area contributed by atoms with Gasteiger partial charge in [0.15, 0.2) is 12.5 Å². The number of fused-ring (bicyclic) bond motifs is 1. The molecule has 28 heavy (non-hydrogen) atoms. The van der Waals surface area contributed by atoms with Gasteiger partial charge in [-0.25, -0.2) is 0 Å². The smallest absolute Gasteiger partial charge is 0.203 e. The Labute approximate surface area is 174 Å². The number of methoxy groups -OCH3 is 1. The third kappa shape index (κ3) is 3.69. The zero-order valence-corrected chi connectivity index (χ0v) is 17.9. The minimum atomic E-state index is 0.505. The maximum absolute atomic E-state index is 5.81. The van der Waals surface area contributed by atoms with Gasteiger partial charge >= 0.3 is 0 Å². The summed E-state index contributed by atoms with van der Waals surface area (Å²) >= 11 is 7.70. The van der Waals surface area contributed by atoms with E-state index in [2.05, 4.69) is 27.9 Å². The van der Waals surface area contributed by atoms with Crippen LogP contribution in [0.1, 0.15) is 29.8 Å². The van der Waals surface area contributed by atoms with Crippen molar-refractivity contribution in [2.45, 2.75) is 39.0 Å². The molecule has 6 nitrogen and oxygen atoms in total. The number of hydrogen-bond donors (Lipinski definition) is 1. The molecule has 0 bridgehead atoms. The molecule has 1 aliphatic heterocycles. The highest BCUT2D eigenvalue weighted by molar-refractivity contribution is 7.71. The standard InChI is InChI=1S/C20H25N5OS2/c1-3-17-16-7-13-28-18(16)6-10-23(17)14-25-20(27)24(11-12-26-2)19(22-25)15-4-8-21-9-5-15/h4-5,7-9,13,17H,3,6,10-12,14H2,1-2H3/p+1/t17-/m0/s1. The van der Waals surface area contributed by atoms with E-state index in [9.17, 15) is 0 Å². The van der Waals surface area contributed by atoms with Crippen molar-refractivity contribution < 1.29 is 9.64 Å². The molecule has 1 N–H and O–H groups in total. The normalized spacial score (nSPS) is 18.9. The van der Waals surface area contributed by atoms with Crippen LogP contribution in [0.25, 0.3) is 11.4 Å². The average molecular weight is 417 g/mol. The maximum Gasteiger partial charge on any atom is 0.203 e. The van der Waals surface area contributed by atoms with Crippen molar-refractivity contribution in [3.05, 3.63) is 51.2 Å². The number of nitrogens with zero attached hydrogens (tertiary/aromatic N) is 4. The van der Waals surface area contributed by atoms with Gasteiger partial charge in [0.05, 0.1) is 19.7 Å². The summed E-state index contributed by atoms with van der Waals surface area (Å²) < 4.78 is 10.1. The van der Waals surface area contributed by atoms with Gasteiger partial charge in [-0.1, -0.05) is 6.92 Å². The molecule has 3 aromatic rings. The summed E-state index contributed by atoms with van der Waals surface area (Å²) in [5.74, 6) is 0.880. The van der Waals surface area contributed by atoms with Gasteiger partial charge in [-0.05, 0) is 35.8 Å². The highest BCUT2D eigenvalue weighted by Crippen LogP contribution is 2.27. The van der Waals surface area contributed by atoms with E-state index in [1.165, 1.54) is 10.5 Å². The molecule has 2 atom stereocenters. The summed E-state index contributed by atoms with van der Waals surface area (Å²) in [6.45, 7) is 5.46. The maximum atomic E-state index is 5.81. The number of nitrogens with one attached hydrogen (secondary N) is 1. The van der Waals surface area contributed by atoms with Crippen LogP contribution >= 0.6 is 23.6 Å². The van der Waals surface area contributed by atoms with Crippen molar-refractivity contribution in [1.29, 1.82) is 0 Å². The van der Waals surface area contributed by atoms with Crippen LogP contribution in [0.3, 0.4) is 0 Å². The van der Waals surface area contributed by atoms with E-state index in [0.29, 0.717) is 19.2 Å². The lowest BCUT2D eigenvalue weighted by Gasteiger charge is -2.31. The van der Waals surface area contributed by atoms with Crippen LogP contribution in [0, 0.1) is 4.77 Å². The van der Waals surface area contributed by atoms with Crippen molar-refractivity contribution >= 4 is 23.6 Å². The number of hydrogen-bond acceptors (Lipinski definition) is 5. The molecule has 0 saturated carbocycles. The number of pyridine rings is 1. The molecule has 3 aromatic heterocycles. The van der Waals surface area contributed by atoms with Crippen LogP contribution in [0.2, 0.25) is 0 Å². The van der Waals surface area contributed by atoms with E-state index >= 15 is 0 Å². The van der Waals surface area contributed by atoms with Gasteiger partial charge in [-0.15, -0.1) is 16.4 Å². The fourth-order valence-corrected chi connectivity index (χ4v) is 5.29. The summed E-state index contributed by atoms with van der Waals surface area (Å²) in [5, 5.41) is 7.14. The van der Waals surface area contributed by atoms with Crippen LogP contribution in [0.5, 0.6) is 0 Å². The molecular formula is C20H26N5OS2+. The Bertz CT molecular complexity index is 978. The van der Waals surface area contributed by atoms with E-state index in [0.717, 1.165) is 42.2 Å². The van der Waals surface area contributed by atoms with E-state index < -0.39 is 0 Å². The summed E-state index contributed by atoms with van der Waals surface area (Å²) in [7, 11) is 1.71. The van der Waals surface area contributed by atoms with Gasteiger partial charge in [0.1, 0.15) is 6.04 Å². The molecule has 1 aliphatic rings. The second-order valence-electron chi connectivity index (χ2n) is 7.06. The highest BCUT2D eigenvalue weighted by Gasteiger charge is 2.31. The minimum absolute atomic E-state index is 0.505. The molecule has 0 aromatic carbocycles. The first-order chi connectivity index (χ1) is 13.7. The second kappa shape index (κ2) is 8.65. The highest BCUT2D eigenvalue weighted by atomic mass is 32.1. The number of rotatable bonds is 7. The zero-order chi connectivity index (χ0) is 19.5. The van der Waals surface area contributed by atoms with E-state index in [4.69, 9.17) is 22.1 Å². The number of thiophene rings is 1. The average Bonchev–Trinajstić information content (AvgIpc) is 3.32. The molecular weight excluding hydrogens is 390 g/mol. The van der Waals surface area contributed by atoms with Gasteiger partial charge < -0.3 is 9.64 Å². The van der Waals surface area contributed by atoms with Gasteiger partial charge in [0, 0.05) is 48.3 Å². The Morgan fingerprint density at radius 2 is 2.14 bits per heavy atom. The third-order valence-electron chi connectivity index (χ3n) is 5.46. The van der Waals surface area contributed by atoms with E-state index in [1.807, 2.05) is 28.2 Å². The number of aromatic nitrogens is 4. The van der Waals surface area contributed by atoms with E-state index in [1.54, 1.807) is 24.4 Å². The fourth-order valence-electron chi connectivity index (χ4n) is 4.07. The third-order valence-corrected chi connectivity index (χ3v) is 6.89. The van der Waals surface area contributed by atoms with Gasteiger partial charge in [-0.2, -0.15) is 4.68 Å². The zero-order valence-electron chi connectivity index (χ0n) is 16.3. The first-order valence-electron chi connectivity index (χ1n) is 9.70. The van der Waals surface area contributed by atoms with Crippen molar-refractivity contribution in [3.8, 4) is 11.4 Å². The van der Waals surface area contributed by atoms with Gasteiger partial charge in [0.2, 0.25) is 4.77 Å². The molecule has 4 heterocycles. The SMILES string of the molecule is CC[C@H]1c2ccsc2CC[NH+]1Cn1nc(-c2ccncc2)n(CCOC)c1=S. The monoisotopic (exact) mass is 416 g/mol. The van der Waals surface area contributed by atoms with Crippen LogP contribution < -0.4 is 4.90 Å². The van der Waals surface area contributed by atoms with Crippen LogP contribution in [-0.4, -0.2) is 39.6 Å². The Morgan fingerprint density at radius 1 is 1.32 bits per heavy atom. The topological polar surface area (TPSA) is 49.3 Å². The lowest BCUT2D eigenvalue weighted by atomic mass is 9.98. The van der Waals surface area contributed by atoms with Gasteiger partial charge in [-0.3, -0.25) is 9.55 Å². The number of ether oxygens (including phenoxy) is 1. The lowest BCUT2D eigenvalue weighted by Crippen LogP contribution is -3.12. The Hall–Kier alpha value is -1.87. The molecule has 148 valence electrons. The van der Waals surface area contributed by atoms with Crippen LogP contribution in [0.4, 0.5) is 0 Å². The van der Waals surface area contributed by atoms with Crippen molar-refractivity contribution in [1.82, 2.24) is 19.3 Å². The minimum Gasteiger partial charge on any atom is -0.383 e. The largest absolute Gasteiger partial charge is 0.383 e. The lowest BCUT2D eigenvalue weighted by molar-refractivity contribution is -0.956. The predicted molar refractivity (Wildman–Crippen MR) is 113 cm³/mol.